The maximum Gasteiger partial charge on any atom is 0.460 e. The molecule has 152 valence electrons. The summed E-state index contributed by atoms with van der Waals surface area (Å²) in [6.07, 6.45) is -19.3. The van der Waals surface area contributed by atoms with Crippen molar-refractivity contribution in [3.63, 3.8) is 0 Å². The molecule has 1 atom stereocenters. The SMILES string of the molecule is FC(F)=C1C(C(F)(C(F)(F)F)C(F)(F)C(F)(F)C(F)(F)F)=C(F)C1(F)F. The minimum atomic E-state index is -8.04. The maximum atomic E-state index is 13.9. The number of hydrogen-bond acceptors (Lipinski definition) is 0. The monoisotopic (exact) mass is 424 g/mol. The van der Waals surface area contributed by atoms with Gasteiger partial charge in [0, 0.05) is 0 Å². The highest BCUT2D eigenvalue weighted by atomic mass is 19.4. The highest BCUT2D eigenvalue weighted by Crippen LogP contribution is 2.66. The molecule has 0 fully saturated rings. The minimum Gasteiger partial charge on any atom is -0.221 e. The van der Waals surface area contributed by atoms with Gasteiger partial charge in [-0.2, -0.15) is 61.5 Å². The molecule has 0 radical (unpaired) electrons. The summed E-state index contributed by atoms with van der Waals surface area (Å²) in [6, 6.07) is 0. The molecule has 1 aliphatic carbocycles. The Morgan fingerprint density at radius 1 is 0.654 bits per heavy atom. The van der Waals surface area contributed by atoms with E-state index in [4.69, 9.17) is 0 Å². The fourth-order valence-corrected chi connectivity index (χ4v) is 1.88. The van der Waals surface area contributed by atoms with Crippen molar-refractivity contribution >= 4 is 0 Å². The van der Waals surface area contributed by atoms with Crippen molar-refractivity contribution in [3.05, 3.63) is 23.1 Å². The summed E-state index contributed by atoms with van der Waals surface area (Å²) < 4.78 is 203. The number of allylic oxidation sites excluding steroid dienone is 3. The lowest BCUT2D eigenvalue weighted by Gasteiger charge is -2.44. The summed E-state index contributed by atoms with van der Waals surface area (Å²) >= 11 is 0. The number of rotatable bonds is 3. The molecular weight excluding hydrogens is 424 g/mol. The van der Waals surface area contributed by atoms with Crippen LogP contribution in [0, 0.1) is 0 Å². The second-order valence-electron chi connectivity index (χ2n) is 4.70. The first-order valence-corrected chi connectivity index (χ1v) is 5.52. The van der Waals surface area contributed by atoms with Crippen LogP contribution in [0.4, 0.5) is 70.2 Å². The molecule has 0 heterocycles. The summed E-state index contributed by atoms with van der Waals surface area (Å²) in [4.78, 5) is 0. The van der Waals surface area contributed by atoms with Crippen molar-refractivity contribution in [2.24, 2.45) is 0 Å². The predicted molar refractivity (Wildman–Crippen MR) is 48.2 cm³/mol. The van der Waals surface area contributed by atoms with Crippen LogP contribution in [0.5, 0.6) is 0 Å². The van der Waals surface area contributed by atoms with E-state index in [9.17, 15) is 70.2 Å². The van der Waals surface area contributed by atoms with Crippen molar-refractivity contribution in [2.75, 3.05) is 0 Å². The molecule has 0 aromatic carbocycles. The molecule has 0 aromatic rings. The smallest absolute Gasteiger partial charge is 0.221 e. The lowest BCUT2D eigenvalue weighted by atomic mass is 9.72. The van der Waals surface area contributed by atoms with E-state index < -0.39 is 58.8 Å². The van der Waals surface area contributed by atoms with Gasteiger partial charge in [0.05, 0.1) is 5.57 Å². The lowest BCUT2D eigenvalue weighted by Crippen LogP contribution is -2.70. The van der Waals surface area contributed by atoms with Gasteiger partial charge in [-0.3, -0.25) is 0 Å². The van der Waals surface area contributed by atoms with Crippen LogP contribution in [-0.4, -0.2) is 35.8 Å². The van der Waals surface area contributed by atoms with Gasteiger partial charge in [0.2, 0.25) is 0 Å². The molecule has 0 nitrogen and oxygen atoms in total. The van der Waals surface area contributed by atoms with Crippen LogP contribution in [0.1, 0.15) is 0 Å². The Balaban J connectivity index is 3.96. The summed E-state index contributed by atoms with van der Waals surface area (Å²) in [6.45, 7) is 0. The number of alkyl halides is 13. The van der Waals surface area contributed by atoms with Gasteiger partial charge in [-0.1, -0.05) is 0 Å². The van der Waals surface area contributed by atoms with Gasteiger partial charge in [-0.05, 0) is 0 Å². The standard InChI is InChI=1S/C10F16/c11-3-1(2(4(12)13)5(3,14)15)6(16,9(21,22)23)7(17,18)8(19,20)10(24,25)26. The summed E-state index contributed by atoms with van der Waals surface area (Å²) in [7, 11) is 0. The first kappa shape index (κ1) is 22.4. The van der Waals surface area contributed by atoms with Crippen LogP contribution in [0.3, 0.4) is 0 Å². The Morgan fingerprint density at radius 3 is 1.31 bits per heavy atom. The van der Waals surface area contributed by atoms with E-state index in [1.807, 2.05) is 0 Å². The van der Waals surface area contributed by atoms with Crippen LogP contribution in [0.25, 0.3) is 0 Å². The quantitative estimate of drug-likeness (QED) is 0.480. The van der Waals surface area contributed by atoms with Crippen LogP contribution >= 0.6 is 0 Å². The second-order valence-corrected chi connectivity index (χ2v) is 4.70. The first-order valence-electron chi connectivity index (χ1n) is 5.52. The first-order chi connectivity index (χ1) is 11.1. The largest absolute Gasteiger partial charge is 0.460 e. The van der Waals surface area contributed by atoms with Gasteiger partial charge in [-0.15, -0.1) is 0 Å². The molecule has 1 rings (SSSR count). The second kappa shape index (κ2) is 5.43. The highest BCUT2D eigenvalue weighted by Gasteiger charge is 2.90. The predicted octanol–water partition coefficient (Wildman–Crippen LogP) is 6.11. The molecule has 0 N–H and O–H groups in total. The Kier molecular flexibility index (Phi) is 4.68. The van der Waals surface area contributed by atoms with E-state index in [0.29, 0.717) is 0 Å². The average molecular weight is 424 g/mol. The van der Waals surface area contributed by atoms with E-state index >= 15 is 0 Å². The Bertz CT molecular complexity index is 653. The average Bonchev–Trinajstić information content (AvgIpc) is 2.39. The third kappa shape index (κ3) is 2.46. The molecule has 16 heteroatoms. The van der Waals surface area contributed by atoms with Gasteiger partial charge in [0.1, 0.15) is 5.57 Å². The van der Waals surface area contributed by atoms with Crippen LogP contribution in [0.15, 0.2) is 23.1 Å². The summed E-state index contributed by atoms with van der Waals surface area (Å²) in [5.74, 6) is -25.8. The third-order valence-corrected chi connectivity index (χ3v) is 3.17. The third-order valence-electron chi connectivity index (χ3n) is 3.17. The van der Waals surface area contributed by atoms with Gasteiger partial charge in [0.25, 0.3) is 6.08 Å². The topological polar surface area (TPSA) is 0 Å². The highest BCUT2D eigenvalue weighted by molar-refractivity contribution is 5.61. The summed E-state index contributed by atoms with van der Waals surface area (Å²) in [5, 5.41) is 0. The fourth-order valence-electron chi connectivity index (χ4n) is 1.88. The zero-order chi connectivity index (χ0) is 21.3. The van der Waals surface area contributed by atoms with E-state index in [0.717, 1.165) is 0 Å². The molecule has 26 heavy (non-hydrogen) atoms. The van der Waals surface area contributed by atoms with Gasteiger partial charge in [0.15, 0.2) is 5.83 Å². The van der Waals surface area contributed by atoms with Gasteiger partial charge < -0.3 is 0 Å². The molecule has 1 unspecified atom stereocenters. The van der Waals surface area contributed by atoms with Crippen LogP contribution in [0.2, 0.25) is 0 Å². The van der Waals surface area contributed by atoms with Crippen LogP contribution < -0.4 is 0 Å². The Morgan fingerprint density at radius 2 is 1.04 bits per heavy atom. The molecule has 0 saturated carbocycles. The van der Waals surface area contributed by atoms with Crippen LogP contribution in [-0.2, 0) is 0 Å². The molecule has 0 saturated heterocycles. The molecule has 0 spiro atoms. The van der Waals surface area contributed by atoms with E-state index in [-0.39, 0.29) is 0 Å². The molecule has 1 aliphatic rings. The molecule has 0 aliphatic heterocycles. The van der Waals surface area contributed by atoms with Crippen molar-refractivity contribution in [2.45, 2.75) is 35.8 Å². The van der Waals surface area contributed by atoms with Crippen molar-refractivity contribution < 1.29 is 70.2 Å². The summed E-state index contributed by atoms with van der Waals surface area (Å²) in [5.41, 5.74) is -15.3. The fraction of sp³-hybridized carbons (Fsp3) is 0.600. The van der Waals surface area contributed by atoms with Crippen molar-refractivity contribution in [1.29, 1.82) is 0 Å². The van der Waals surface area contributed by atoms with E-state index in [1.54, 1.807) is 0 Å². The van der Waals surface area contributed by atoms with E-state index in [1.165, 1.54) is 0 Å². The van der Waals surface area contributed by atoms with Gasteiger partial charge >= 0.3 is 35.8 Å². The number of halogens is 16. The maximum absolute atomic E-state index is 13.9. The zero-order valence-electron chi connectivity index (χ0n) is 11.0. The van der Waals surface area contributed by atoms with E-state index in [2.05, 4.69) is 0 Å². The normalized spacial score (nSPS) is 21.5. The lowest BCUT2D eigenvalue weighted by molar-refractivity contribution is -0.404. The minimum absolute atomic E-state index is 3.72. The molecule has 0 bridgehead atoms. The van der Waals surface area contributed by atoms with Crippen molar-refractivity contribution in [3.8, 4) is 0 Å². The Hall–Kier alpha value is -1.64. The molecular formula is C10F16. The molecule has 0 aromatic heterocycles. The van der Waals surface area contributed by atoms with Crippen molar-refractivity contribution in [1.82, 2.24) is 0 Å². The Labute approximate surface area is 130 Å². The zero-order valence-corrected chi connectivity index (χ0v) is 11.0. The molecule has 0 amide bonds. The number of hydrogen-bond donors (Lipinski definition) is 0. The van der Waals surface area contributed by atoms with Gasteiger partial charge in [-0.25, -0.2) is 8.78 Å².